The molecular formula is C15H19NO4. The number of aliphatic hydroxyl groups excluding tert-OH is 2. The van der Waals surface area contributed by atoms with Crippen LogP contribution in [0.4, 0.5) is 0 Å². The second kappa shape index (κ2) is 5.34. The Morgan fingerprint density at radius 2 is 1.95 bits per heavy atom. The lowest BCUT2D eigenvalue weighted by molar-refractivity contribution is 0.172. The van der Waals surface area contributed by atoms with Crippen LogP contribution in [-0.2, 0) is 6.54 Å². The summed E-state index contributed by atoms with van der Waals surface area (Å²) in [5.74, 6) is 1.47. The predicted octanol–water partition coefficient (Wildman–Crippen LogP) is 1.85. The number of aliphatic hydroxyl groups is 2. The number of benzene rings is 1. The SMILES string of the molecule is CC(O)c1cn(CCCO)c2cc3c(cc12)OCCO3. The van der Waals surface area contributed by atoms with Crippen LogP contribution >= 0.6 is 0 Å². The maximum atomic E-state index is 9.93. The quantitative estimate of drug-likeness (QED) is 0.895. The Hall–Kier alpha value is -1.72. The van der Waals surface area contributed by atoms with E-state index in [2.05, 4.69) is 0 Å². The topological polar surface area (TPSA) is 63.9 Å². The lowest BCUT2D eigenvalue weighted by atomic mass is 10.1. The zero-order valence-corrected chi connectivity index (χ0v) is 11.5. The van der Waals surface area contributed by atoms with Gasteiger partial charge in [0.05, 0.1) is 11.6 Å². The molecule has 0 saturated heterocycles. The van der Waals surface area contributed by atoms with Crippen molar-refractivity contribution < 1.29 is 19.7 Å². The van der Waals surface area contributed by atoms with E-state index in [1.165, 1.54) is 0 Å². The fraction of sp³-hybridized carbons (Fsp3) is 0.467. The van der Waals surface area contributed by atoms with E-state index in [-0.39, 0.29) is 6.61 Å². The molecule has 1 atom stereocenters. The third kappa shape index (κ3) is 2.23. The van der Waals surface area contributed by atoms with Crippen molar-refractivity contribution in [3.63, 3.8) is 0 Å². The average Bonchev–Trinajstić information content (AvgIpc) is 2.81. The summed E-state index contributed by atoms with van der Waals surface area (Å²) >= 11 is 0. The van der Waals surface area contributed by atoms with Gasteiger partial charge in [0.25, 0.3) is 0 Å². The Balaban J connectivity index is 2.14. The van der Waals surface area contributed by atoms with Gasteiger partial charge < -0.3 is 24.3 Å². The predicted molar refractivity (Wildman–Crippen MR) is 75.3 cm³/mol. The molecule has 0 fully saturated rings. The second-order valence-electron chi connectivity index (χ2n) is 5.04. The van der Waals surface area contributed by atoms with Crippen LogP contribution in [0.15, 0.2) is 18.3 Å². The molecule has 1 aromatic carbocycles. The summed E-state index contributed by atoms with van der Waals surface area (Å²) in [6.07, 6.45) is 2.07. The minimum Gasteiger partial charge on any atom is -0.486 e. The first-order chi connectivity index (χ1) is 9.70. The van der Waals surface area contributed by atoms with Crippen molar-refractivity contribution in [3.8, 4) is 11.5 Å². The molecular weight excluding hydrogens is 258 g/mol. The van der Waals surface area contributed by atoms with Gasteiger partial charge in [-0.1, -0.05) is 0 Å². The number of hydrogen-bond acceptors (Lipinski definition) is 4. The van der Waals surface area contributed by atoms with Crippen molar-refractivity contribution >= 4 is 10.9 Å². The van der Waals surface area contributed by atoms with Crippen molar-refractivity contribution in [1.29, 1.82) is 0 Å². The molecule has 108 valence electrons. The first kappa shape index (κ1) is 13.3. The van der Waals surface area contributed by atoms with Gasteiger partial charge in [-0.3, -0.25) is 0 Å². The molecule has 2 N–H and O–H groups in total. The summed E-state index contributed by atoms with van der Waals surface area (Å²) < 4.78 is 13.3. The molecule has 0 amide bonds. The van der Waals surface area contributed by atoms with Crippen molar-refractivity contribution in [3.05, 3.63) is 23.9 Å². The largest absolute Gasteiger partial charge is 0.486 e. The maximum absolute atomic E-state index is 9.93. The van der Waals surface area contributed by atoms with Gasteiger partial charge >= 0.3 is 0 Å². The molecule has 0 bridgehead atoms. The molecule has 5 nitrogen and oxygen atoms in total. The fourth-order valence-electron chi connectivity index (χ4n) is 2.61. The molecule has 0 spiro atoms. The number of rotatable bonds is 4. The highest BCUT2D eigenvalue weighted by molar-refractivity contribution is 5.88. The van der Waals surface area contributed by atoms with Crippen LogP contribution in [0.1, 0.15) is 25.0 Å². The fourth-order valence-corrected chi connectivity index (χ4v) is 2.61. The summed E-state index contributed by atoms with van der Waals surface area (Å²) in [5.41, 5.74) is 1.87. The normalized spacial score (nSPS) is 15.6. The van der Waals surface area contributed by atoms with Crippen LogP contribution < -0.4 is 9.47 Å². The van der Waals surface area contributed by atoms with E-state index in [0.29, 0.717) is 26.2 Å². The van der Waals surface area contributed by atoms with Gasteiger partial charge in [-0.15, -0.1) is 0 Å². The molecule has 20 heavy (non-hydrogen) atoms. The molecule has 1 aliphatic heterocycles. The Bertz CT molecular complexity index is 618. The zero-order valence-electron chi connectivity index (χ0n) is 11.5. The van der Waals surface area contributed by atoms with Crippen LogP contribution in [0.2, 0.25) is 0 Å². The Labute approximate surface area is 117 Å². The summed E-state index contributed by atoms with van der Waals surface area (Å²) in [6, 6.07) is 3.88. The van der Waals surface area contributed by atoms with E-state index in [1.807, 2.05) is 22.9 Å². The van der Waals surface area contributed by atoms with Crippen molar-refractivity contribution in [1.82, 2.24) is 4.57 Å². The second-order valence-corrected chi connectivity index (χ2v) is 5.04. The summed E-state index contributed by atoms with van der Waals surface area (Å²) in [6.45, 7) is 3.71. The molecule has 3 rings (SSSR count). The highest BCUT2D eigenvalue weighted by Gasteiger charge is 2.18. The molecule has 0 radical (unpaired) electrons. The Kier molecular flexibility index (Phi) is 3.54. The first-order valence-electron chi connectivity index (χ1n) is 6.92. The number of hydrogen-bond donors (Lipinski definition) is 2. The number of fused-ring (bicyclic) bond motifs is 2. The van der Waals surface area contributed by atoms with Crippen molar-refractivity contribution in [2.75, 3.05) is 19.8 Å². The van der Waals surface area contributed by atoms with Crippen LogP contribution in [0.25, 0.3) is 10.9 Å². The first-order valence-corrected chi connectivity index (χ1v) is 6.92. The number of aromatic nitrogens is 1. The standard InChI is InChI=1S/C15H19NO4/c1-10(18)12-9-16(3-2-4-17)13-8-15-14(7-11(12)13)19-5-6-20-15/h7-10,17-18H,2-6H2,1H3. The smallest absolute Gasteiger partial charge is 0.163 e. The molecule has 0 aliphatic carbocycles. The third-order valence-corrected chi connectivity index (χ3v) is 3.58. The highest BCUT2D eigenvalue weighted by atomic mass is 16.6. The van der Waals surface area contributed by atoms with E-state index in [9.17, 15) is 5.11 Å². The molecule has 1 unspecified atom stereocenters. The monoisotopic (exact) mass is 277 g/mol. The lowest BCUT2D eigenvalue weighted by Gasteiger charge is -2.19. The van der Waals surface area contributed by atoms with E-state index >= 15 is 0 Å². The average molecular weight is 277 g/mol. The number of ether oxygens (including phenoxy) is 2. The van der Waals surface area contributed by atoms with Gasteiger partial charge in [0.15, 0.2) is 11.5 Å². The van der Waals surface area contributed by atoms with Crippen molar-refractivity contribution in [2.45, 2.75) is 26.0 Å². The van der Waals surface area contributed by atoms with E-state index in [4.69, 9.17) is 14.6 Å². The van der Waals surface area contributed by atoms with E-state index < -0.39 is 6.10 Å². The maximum Gasteiger partial charge on any atom is 0.163 e. The van der Waals surface area contributed by atoms with E-state index in [1.54, 1.807) is 6.92 Å². The van der Waals surface area contributed by atoms with Gasteiger partial charge in [-0.25, -0.2) is 0 Å². The zero-order chi connectivity index (χ0) is 14.1. The van der Waals surface area contributed by atoms with Gasteiger partial charge in [0.1, 0.15) is 13.2 Å². The molecule has 1 aliphatic rings. The molecule has 2 heterocycles. The van der Waals surface area contributed by atoms with Crippen LogP contribution in [0.5, 0.6) is 11.5 Å². The molecule has 0 saturated carbocycles. The van der Waals surface area contributed by atoms with Crippen LogP contribution in [0.3, 0.4) is 0 Å². The third-order valence-electron chi connectivity index (χ3n) is 3.58. The number of aryl methyl sites for hydroxylation is 1. The summed E-state index contributed by atoms with van der Waals surface area (Å²) in [4.78, 5) is 0. The Morgan fingerprint density at radius 3 is 2.60 bits per heavy atom. The van der Waals surface area contributed by atoms with Gasteiger partial charge in [-0.05, 0) is 19.4 Å². The summed E-state index contributed by atoms with van der Waals surface area (Å²) in [5, 5.41) is 19.9. The Morgan fingerprint density at radius 1 is 1.25 bits per heavy atom. The van der Waals surface area contributed by atoms with Crippen molar-refractivity contribution in [2.24, 2.45) is 0 Å². The van der Waals surface area contributed by atoms with Gasteiger partial charge in [0.2, 0.25) is 0 Å². The molecule has 5 heteroatoms. The minimum absolute atomic E-state index is 0.147. The van der Waals surface area contributed by atoms with Crippen LogP contribution in [-0.4, -0.2) is 34.6 Å². The molecule has 1 aromatic heterocycles. The highest BCUT2D eigenvalue weighted by Crippen LogP contribution is 2.38. The minimum atomic E-state index is -0.546. The van der Waals surface area contributed by atoms with Gasteiger partial charge in [-0.2, -0.15) is 0 Å². The summed E-state index contributed by atoms with van der Waals surface area (Å²) in [7, 11) is 0. The number of nitrogens with zero attached hydrogens (tertiary/aromatic N) is 1. The van der Waals surface area contributed by atoms with Crippen LogP contribution in [0, 0.1) is 0 Å². The lowest BCUT2D eigenvalue weighted by Crippen LogP contribution is -2.15. The van der Waals surface area contributed by atoms with E-state index in [0.717, 1.165) is 28.0 Å². The molecule has 2 aromatic rings. The van der Waals surface area contributed by atoms with Gasteiger partial charge in [0, 0.05) is 36.4 Å².